The highest BCUT2D eigenvalue weighted by atomic mass is 16.3. The van der Waals surface area contributed by atoms with E-state index in [4.69, 9.17) is 11.0 Å². The van der Waals surface area contributed by atoms with Gasteiger partial charge in [-0.25, -0.2) is 0 Å². The summed E-state index contributed by atoms with van der Waals surface area (Å²) in [5.74, 6) is 0.243. The largest absolute Gasteiger partial charge is 0.507 e. The van der Waals surface area contributed by atoms with Crippen LogP contribution in [0, 0.1) is 11.3 Å². The van der Waals surface area contributed by atoms with Gasteiger partial charge in [-0.1, -0.05) is 27.4 Å². The molecule has 19 heavy (non-hydrogen) atoms. The summed E-state index contributed by atoms with van der Waals surface area (Å²) >= 11 is 0. The van der Waals surface area contributed by atoms with E-state index in [-0.39, 0.29) is 16.9 Å². The summed E-state index contributed by atoms with van der Waals surface area (Å²) in [5, 5.41) is 19.1. The van der Waals surface area contributed by atoms with Crippen molar-refractivity contribution < 1.29 is 5.11 Å². The number of hydrogen-bond acceptors (Lipinski definition) is 3. The predicted molar refractivity (Wildman–Crippen MR) is 79.3 cm³/mol. The van der Waals surface area contributed by atoms with Gasteiger partial charge < -0.3 is 10.8 Å². The number of phenolic OH excluding ortho intramolecular Hbond substituents is 1. The Labute approximate surface area is 114 Å². The fourth-order valence-corrected chi connectivity index (χ4v) is 1.85. The Hall–Kier alpha value is -2.21. The third kappa shape index (κ3) is 3.38. The summed E-state index contributed by atoms with van der Waals surface area (Å²) in [5.41, 5.74) is 8.53. The van der Waals surface area contributed by atoms with Crippen molar-refractivity contribution in [2.45, 2.75) is 33.1 Å². The molecular weight excluding hydrogens is 236 g/mol. The molecule has 0 amide bonds. The van der Waals surface area contributed by atoms with Crippen LogP contribution in [0.5, 0.6) is 5.75 Å². The number of aromatic hydroxyl groups is 1. The van der Waals surface area contributed by atoms with Crippen molar-refractivity contribution >= 4 is 11.6 Å². The van der Waals surface area contributed by atoms with E-state index in [0.717, 1.165) is 16.7 Å². The standard InChI is InChI=1S/C16H20N2O/c1-10(2)13-7-11(6-12(18)9-17)8-14(15(13)19)16(3,4)5/h6-8,19H,1,18H2,2-5H3/b12-6-. The van der Waals surface area contributed by atoms with Crippen molar-refractivity contribution in [2.75, 3.05) is 0 Å². The van der Waals surface area contributed by atoms with Crippen molar-refractivity contribution in [3.05, 3.63) is 41.1 Å². The highest BCUT2D eigenvalue weighted by molar-refractivity contribution is 5.73. The highest BCUT2D eigenvalue weighted by Gasteiger charge is 2.21. The lowest BCUT2D eigenvalue weighted by Gasteiger charge is -2.23. The summed E-state index contributed by atoms with van der Waals surface area (Å²) in [6, 6.07) is 5.53. The van der Waals surface area contributed by atoms with Gasteiger partial charge in [0.05, 0.1) is 0 Å². The maximum Gasteiger partial charge on any atom is 0.126 e. The van der Waals surface area contributed by atoms with E-state index >= 15 is 0 Å². The van der Waals surface area contributed by atoms with Crippen molar-refractivity contribution in [1.82, 2.24) is 0 Å². The second-order valence-electron chi connectivity index (χ2n) is 5.71. The molecule has 0 unspecified atom stereocenters. The van der Waals surface area contributed by atoms with Crippen LogP contribution < -0.4 is 5.73 Å². The zero-order chi connectivity index (χ0) is 14.8. The lowest BCUT2D eigenvalue weighted by atomic mass is 9.83. The molecule has 0 bridgehead atoms. The average Bonchev–Trinajstić information content (AvgIpc) is 2.29. The molecule has 3 nitrogen and oxygen atoms in total. The number of allylic oxidation sites excluding steroid dienone is 2. The van der Waals surface area contributed by atoms with Crippen molar-refractivity contribution in [3.8, 4) is 11.8 Å². The summed E-state index contributed by atoms with van der Waals surface area (Å²) in [4.78, 5) is 0. The van der Waals surface area contributed by atoms with Gasteiger partial charge in [-0.05, 0) is 41.7 Å². The molecule has 0 radical (unpaired) electrons. The SMILES string of the molecule is C=C(C)c1cc(/C=C(\N)C#N)cc(C(C)(C)C)c1O. The van der Waals surface area contributed by atoms with Gasteiger partial charge in [0.15, 0.2) is 0 Å². The first-order valence-electron chi connectivity index (χ1n) is 6.07. The van der Waals surface area contributed by atoms with Crippen molar-refractivity contribution in [3.63, 3.8) is 0 Å². The van der Waals surface area contributed by atoms with E-state index in [1.165, 1.54) is 0 Å². The van der Waals surface area contributed by atoms with E-state index in [1.54, 1.807) is 12.1 Å². The van der Waals surface area contributed by atoms with Crippen molar-refractivity contribution in [1.29, 1.82) is 5.26 Å². The molecule has 1 aromatic carbocycles. The minimum atomic E-state index is -0.209. The molecular formula is C16H20N2O. The smallest absolute Gasteiger partial charge is 0.126 e. The molecule has 100 valence electrons. The number of nitrogens with two attached hydrogens (primary N) is 1. The van der Waals surface area contributed by atoms with Crippen LogP contribution in [0.4, 0.5) is 0 Å². The van der Waals surface area contributed by atoms with Crippen LogP contribution in [0.3, 0.4) is 0 Å². The quantitative estimate of drug-likeness (QED) is 0.795. The summed E-state index contributed by atoms with van der Waals surface area (Å²) in [6.45, 7) is 11.8. The first-order valence-corrected chi connectivity index (χ1v) is 6.07. The van der Waals surface area contributed by atoms with Gasteiger partial charge in [0.2, 0.25) is 0 Å². The van der Waals surface area contributed by atoms with E-state index in [2.05, 4.69) is 6.58 Å². The van der Waals surface area contributed by atoms with Gasteiger partial charge in [0, 0.05) is 11.1 Å². The maximum absolute atomic E-state index is 10.3. The predicted octanol–water partition coefficient (Wildman–Crippen LogP) is 3.55. The Balaban J connectivity index is 3.59. The zero-order valence-corrected chi connectivity index (χ0v) is 11.9. The van der Waals surface area contributed by atoms with Crippen LogP contribution >= 0.6 is 0 Å². The number of nitrogens with zero attached hydrogens (tertiary/aromatic N) is 1. The Morgan fingerprint density at radius 3 is 2.42 bits per heavy atom. The van der Waals surface area contributed by atoms with Gasteiger partial charge in [0.25, 0.3) is 0 Å². The third-order valence-electron chi connectivity index (χ3n) is 2.85. The molecule has 0 aromatic heterocycles. The molecule has 1 aromatic rings. The Kier molecular flexibility index (Phi) is 4.06. The molecule has 0 aliphatic carbocycles. The molecule has 3 N–H and O–H groups in total. The zero-order valence-electron chi connectivity index (χ0n) is 11.9. The Morgan fingerprint density at radius 1 is 1.42 bits per heavy atom. The first-order chi connectivity index (χ1) is 8.66. The van der Waals surface area contributed by atoms with Crippen molar-refractivity contribution in [2.24, 2.45) is 5.73 Å². The molecule has 0 heterocycles. The van der Waals surface area contributed by atoms with Gasteiger partial charge >= 0.3 is 0 Å². The number of phenols is 1. The number of benzene rings is 1. The van der Waals surface area contributed by atoms with Gasteiger partial charge in [-0.15, -0.1) is 0 Å². The molecule has 0 atom stereocenters. The molecule has 0 aliphatic rings. The normalized spacial score (nSPS) is 12.1. The lowest BCUT2D eigenvalue weighted by Crippen LogP contribution is -2.12. The Bertz CT molecular complexity index is 584. The second kappa shape index (κ2) is 5.19. The van der Waals surface area contributed by atoms with Crippen LogP contribution in [-0.2, 0) is 5.41 Å². The van der Waals surface area contributed by atoms with E-state index in [0.29, 0.717) is 5.56 Å². The van der Waals surface area contributed by atoms with Crippen LogP contribution in [0.15, 0.2) is 24.4 Å². The first kappa shape index (κ1) is 14.8. The monoisotopic (exact) mass is 256 g/mol. The van der Waals surface area contributed by atoms with Crippen LogP contribution in [-0.4, -0.2) is 5.11 Å². The lowest BCUT2D eigenvalue weighted by molar-refractivity contribution is 0.445. The van der Waals surface area contributed by atoms with E-state index < -0.39 is 0 Å². The minimum Gasteiger partial charge on any atom is -0.507 e. The second-order valence-corrected chi connectivity index (χ2v) is 5.71. The van der Waals surface area contributed by atoms with E-state index in [1.807, 2.05) is 39.8 Å². The van der Waals surface area contributed by atoms with Gasteiger partial charge in [-0.3, -0.25) is 0 Å². The number of hydrogen-bond donors (Lipinski definition) is 2. The van der Waals surface area contributed by atoms with E-state index in [9.17, 15) is 5.11 Å². The molecule has 0 saturated carbocycles. The molecule has 3 heteroatoms. The summed E-state index contributed by atoms with van der Waals surface area (Å²) in [6.07, 6.45) is 1.60. The van der Waals surface area contributed by atoms with Crippen LogP contribution in [0.25, 0.3) is 11.6 Å². The minimum absolute atomic E-state index is 0.137. The number of nitriles is 1. The topological polar surface area (TPSA) is 70.0 Å². The van der Waals surface area contributed by atoms with Crippen LogP contribution in [0.1, 0.15) is 44.4 Å². The summed E-state index contributed by atoms with van der Waals surface area (Å²) in [7, 11) is 0. The maximum atomic E-state index is 10.3. The highest BCUT2D eigenvalue weighted by Crippen LogP contribution is 2.37. The fourth-order valence-electron chi connectivity index (χ4n) is 1.85. The molecule has 0 spiro atoms. The molecule has 1 rings (SSSR count). The molecule has 0 fully saturated rings. The third-order valence-corrected chi connectivity index (χ3v) is 2.85. The van der Waals surface area contributed by atoms with Gasteiger partial charge in [0.1, 0.15) is 17.5 Å². The summed E-state index contributed by atoms with van der Waals surface area (Å²) < 4.78 is 0. The van der Waals surface area contributed by atoms with Crippen LogP contribution in [0.2, 0.25) is 0 Å². The molecule has 0 aliphatic heterocycles. The number of rotatable bonds is 2. The molecule has 0 saturated heterocycles. The van der Waals surface area contributed by atoms with Gasteiger partial charge in [-0.2, -0.15) is 5.26 Å². The fraction of sp³-hybridized carbons (Fsp3) is 0.312. The average molecular weight is 256 g/mol. The Morgan fingerprint density at radius 2 is 2.00 bits per heavy atom.